The Kier molecular flexibility index (Phi) is 5.35. The molecule has 3 rings (SSSR count). The summed E-state index contributed by atoms with van der Waals surface area (Å²) in [6.07, 6.45) is 0.847. The number of hydrogen-bond acceptors (Lipinski definition) is 4. The van der Waals surface area contributed by atoms with Crippen molar-refractivity contribution in [3.05, 3.63) is 59.7 Å². The molecule has 27 heavy (non-hydrogen) atoms. The third kappa shape index (κ3) is 3.89. The van der Waals surface area contributed by atoms with Crippen LogP contribution in [0.3, 0.4) is 0 Å². The molecule has 2 aromatic carbocycles. The topological polar surface area (TPSA) is 101 Å². The number of rotatable bonds is 5. The Hall–Kier alpha value is -3.41. The molecule has 0 unspecified atom stereocenters. The smallest absolute Gasteiger partial charge is 0.258 e. The van der Waals surface area contributed by atoms with Crippen LogP contribution in [-0.2, 0) is 0 Å². The Balaban J connectivity index is 2.26. The van der Waals surface area contributed by atoms with Crippen LogP contribution in [0.1, 0.15) is 29.3 Å². The predicted molar refractivity (Wildman–Crippen MR) is 107 cm³/mol. The van der Waals surface area contributed by atoms with E-state index < -0.39 is 11.9 Å². The maximum atomic E-state index is 12.7. The van der Waals surface area contributed by atoms with Gasteiger partial charge in [0.25, 0.3) is 5.91 Å². The lowest BCUT2D eigenvalue weighted by molar-refractivity contribution is 0.0978. The first-order valence-corrected chi connectivity index (χ1v) is 8.79. The molecule has 0 bridgehead atoms. The molecule has 0 saturated carbocycles. The van der Waals surface area contributed by atoms with Gasteiger partial charge in [0.05, 0.1) is 28.8 Å². The average Bonchev–Trinajstić information content (AvgIpc) is 2.65. The molecule has 0 atom stereocenters. The van der Waals surface area contributed by atoms with Gasteiger partial charge in [-0.1, -0.05) is 37.3 Å². The summed E-state index contributed by atoms with van der Waals surface area (Å²) in [5, 5.41) is 10.4. The number of guanidine groups is 1. The molecule has 1 amide bonds. The molecule has 6 heteroatoms. The van der Waals surface area contributed by atoms with E-state index in [2.05, 4.69) is 5.32 Å². The second-order valence-electron chi connectivity index (χ2n) is 6.24. The number of ether oxygens (including phenoxy) is 1. The van der Waals surface area contributed by atoms with Crippen molar-refractivity contribution in [3.8, 4) is 17.0 Å². The number of carbonyl (C=O) groups is 1. The van der Waals surface area contributed by atoms with Gasteiger partial charge >= 0.3 is 0 Å². The molecule has 6 nitrogen and oxygen atoms in total. The summed E-state index contributed by atoms with van der Waals surface area (Å²) in [5.41, 5.74) is 9.08. The third-order valence-corrected chi connectivity index (χ3v) is 4.17. The molecule has 1 heterocycles. The van der Waals surface area contributed by atoms with Gasteiger partial charge in [-0.2, -0.15) is 0 Å². The minimum atomic E-state index is -0.461. The molecule has 4 N–H and O–H groups in total. The van der Waals surface area contributed by atoms with Gasteiger partial charge in [0.1, 0.15) is 5.75 Å². The first-order valence-electron chi connectivity index (χ1n) is 8.79. The Labute approximate surface area is 157 Å². The van der Waals surface area contributed by atoms with Crippen molar-refractivity contribution in [3.63, 3.8) is 0 Å². The summed E-state index contributed by atoms with van der Waals surface area (Å²) in [6, 6.07) is 15.1. The number of hydrogen-bond donors (Lipinski definition) is 3. The van der Waals surface area contributed by atoms with E-state index in [1.54, 1.807) is 6.07 Å². The second kappa shape index (κ2) is 7.86. The van der Waals surface area contributed by atoms with Gasteiger partial charge in [0, 0.05) is 5.56 Å². The summed E-state index contributed by atoms with van der Waals surface area (Å²) in [4.78, 5) is 17.5. The third-order valence-electron chi connectivity index (χ3n) is 4.17. The van der Waals surface area contributed by atoms with Gasteiger partial charge in [-0.15, -0.1) is 0 Å². The van der Waals surface area contributed by atoms with Crippen molar-refractivity contribution < 1.29 is 9.53 Å². The van der Waals surface area contributed by atoms with Gasteiger partial charge in [0.2, 0.25) is 0 Å². The normalized spacial score (nSPS) is 10.6. The van der Waals surface area contributed by atoms with Crippen LogP contribution in [0.5, 0.6) is 5.75 Å². The fraction of sp³-hybridized carbons (Fsp3) is 0.190. The van der Waals surface area contributed by atoms with E-state index in [1.165, 1.54) is 0 Å². The quantitative estimate of drug-likeness (QED) is 0.476. The number of pyridine rings is 1. The molecular formula is C21H22N4O2. The van der Waals surface area contributed by atoms with E-state index in [0.717, 1.165) is 17.5 Å². The van der Waals surface area contributed by atoms with Crippen LogP contribution in [-0.4, -0.2) is 23.5 Å². The highest BCUT2D eigenvalue weighted by Gasteiger charge is 2.18. The molecule has 3 aromatic rings. The first kappa shape index (κ1) is 18.4. The lowest BCUT2D eigenvalue weighted by Crippen LogP contribution is -2.35. The average molecular weight is 362 g/mol. The lowest BCUT2D eigenvalue weighted by atomic mass is 10.00. The number of carbonyl (C=O) groups excluding carboxylic acids is 1. The minimum absolute atomic E-state index is 0.375. The van der Waals surface area contributed by atoms with Crippen LogP contribution in [0.15, 0.2) is 48.5 Å². The zero-order valence-electron chi connectivity index (χ0n) is 15.4. The summed E-state index contributed by atoms with van der Waals surface area (Å²) in [5.74, 6) is -0.279. The number of aryl methyl sites for hydroxylation is 1. The van der Waals surface area contributed by atoms with E-state index >= 15 is 0 Å². The number of nitrogens with two attached hydrogens (primary N) is 1. The molecule has 0 aliphatic carbocycles. The fourth-order valence-corrected chi connectivity index (χ4v) is 2.95. The molecule has 0 spiro atoms. The van der Waals surface area contributed by atoms with Crippen molar-refractivity contribution in [2.75, 3.05) is 6.61 Å². The highest BCUT2D eigenvalue weighted by atomic mass is 16.5. The molecule has 138 valence electrons. The molecular weight excluding hydrogens is 340 g/mol. The van der Waals surface area contributed by atoms with Crippen LogP contribution < -0.4 is 15.8 Å². The van der Waals surface area contributed by atoms with E-state index in [-0.39, 0.29) is 0 Å². The van der Waals surface area contributed by atoms with Gasteiger partial charge in [-0.3, -0.25) is 15.5 Å². The molecule has 1 aromatic heterocycles. The lowest BCUT2D eigenvalue weighted by Gasteiger charge is -2.14. The zero-order valence-corrected chi connectivity index (χ0v) is 15.4. The predicted octanol–water partition coefficient (Wildman–Crippen LogP) is 3.62. The second-order valence-corrected chi connectivity index (χ2v) is 6.24. The van der Waals surface area contributed by atoms with Crippen molar-refractivity contribution in [2.24, 2.45) is 5.73 Å². The Morgan fingerprint density at radius 2 is 2.00 bits per heavy atom. The summed E-state index contributed by atoms with van der Waals surface area (Å²) >= 11 is 0. The van der Waals surface area contributed by atoms with Crippen LogP contribution in [0.25, 0.3) is 22.2 Å². The monoisotopic (exact) mass is 362 g/mol. The number of nitrogens with one attached hydrogen (secondary N) is 2. The Bertz CT molecular complexity index is 1010. The fourth-order valence-electron chi connectivity index (χ4n) is 2.95. The SMILES string of the molecule is CCCOc1cccc2nc(-c3ccccc3C)cc(C(=O)NC(=N)N)c12. The van der Waals surface area contributed by atoms with E-state index in [4.69, 9.17) is 20.9 Å². The summed E-state index contributed by atoms with van der Waals surface area (Å²) in [7, 11) is 0. The number of benzene rings is 2. The number of fused-ring (bicyclic) bond motifs is 1. The standard InChI is InChI=1S/C21H22N4O2/c1-3-11-27-18-10-6-9-16-19(18)15(20(26)25-21(22)23)12-17(24-16)14-8-5-4-7-13(14)2/h4-10,12H,3,11H2,1-2H3,(H4,22,23,25,26). The molecule has 0 fully saturated rings. The maximum absolute atomic E-state index is 12.7. The van der Waals surface area contributed by atoms with Crippen LogP contribution >= 0.6 is 0 Å². The van der Waals surface area contributed by atoms with Gasteiger partial charge < -0.3 is 10.5 Å². The Morgan fingerprint density at radius 3 is 2.70 bits per heavy atom. The number of amides is 1. The van der Waals surface area contributed by atoms with Crippen LogP contribution in [0.4, 0.5) is 0 Å². The van der Waals surface area contributed by atoms with Crippen molar-refractivity contribution in [1.82, 2.24) is 10.3 Å². The number of aromatic nitrogens is 1. The van der Waals surface area contributed by atoms with Crippen LogP contribution in [0, 0.1) is 12.3 Å². The van der Waals surface area contributed by atoms with Gasteiger partial charge in [-0.25, -0.2) is 4.98 Å². The van der Waals surface area contributed by atoms with E-state index in [1.807, 2.05) is 56.3 Å². The molecule has 0 saturated heterocycles. The molecule has 0 radical (unpaired) electrons. The minimum Gasteiger partial charge on any atom is -0.493 e. The highest BCUT2D eigenvalue weighted by molar-refractivity contribution is 6.13. The molecule has 0 aliphatic rings. The summed E-state index contributed by atoms with van der Waals surface area (Å²) in [6.45, 7) is 4.55. The Morgan fingerprint density at radius 1 is 1.22 bits per heavy atom. The molecule has 0 aliphatic heterocycles. The zero-order chi connectivity index (χ0) is 19.4. The maximum Gasteiger partial charge on any atom is 0.258 e. The van der Waals surface area contributed by atoms with Crippen molar-refractivity contribution >= 4 is 22.8 Å². The van der Waals surface area contributed by atoms with Crippen molar-refractivity contribution in [2.45, 2.75) is 20.3 Å². The highest BCUT2D eigenvalue weighted by Crippen LogP contribution is 2.32. The number of nitrogens with zero attached hydrogens (tertiary/aromatic N) is 1. The van der Waals surface area contributed by atoms with Gasteiger partial charge in [-0.05, 0) is 37.1 Å². The first-order chi connectivity index (χ1) is 13.0. The summed E-state index contributed by atoms with van der Waals surface area (Å²) < 4.78 is 5.83. The van der Waals surface area contributed by atoms with E-state index in [0.29, 0.717) is 34.5 Å². The van der Waals surface area contributed by atoms with E-state index in [9.17, 15) is 4.79 Å². The largest absolute Gasteiger partial charge is 0.493 e. The van der Waals surface area contributed by atoms with Crippen molar-refractivity contribution in [1.29, 1.82) is 5.41 Å². The van der Waals surface area contributed by atoms with Crippen LogP contribution in [0.2, 0.25) is 0 Å². The van der Waals surface area contributed by atoms with Gasteiger partial charge in [0.15, 0.2) is 5.96 Å².